The van der Waals surface area contributed by atoms with Crippen LogP contribution in [0.25, 0.3) is 0 Å². The molecule has 0 aromatic heterocycles. The normalized spacial score (nSPS) is 17.3. The summed E-state index contributed by atoms with van der Waals surface area (Å²) in [7, 11) is 3.43. The molecular formula is C35H38O2S4. The summed E-state index contributed by atoms with van der Waals surface area (Å²) in [6, 6.07) is 35.0. The first kappa shape index (κ1) is 30.3. The zero-order valence-corrected chi connectivity index (χ0v) is 27.5. The molecule has 2 saturated heterocycles. The molecule has 2 fully saturated rings. The maximum Gasteiger partial charge on any atom is 0.118 e. The fraction of sp³-hybridized carbons (Fsp3) is 0.314. The van der Waals surface area contributed by atoms with E-state index in [2.05, 4.69) is 134 Å². The van der Waals surface area contributed by atoms with Crippen LogP contribution in [0.5, 0.6) is 11.5 Å². The maximum atomic E-state index is 5.30. The Balaban J connectivity index is 0.000000165. The highest BCUT2D eigenvalue weighted by Crippen LogP contribution is 2.57. The summed E-state index contributed by atoms with van der Waals surface area (Å²) in [5.41, 5.74) is 8.13. The molecule has 2 aliphatic heterocycles. The van der Waals surface area contributed by atoms with E-state index in [0.717, 1.165) is 11.5 Å². The van der Waals surface area contributed by atoms with Gasteiger partial charge in [0.15, 0.2) is 0 Å². The minimum absolute atomic E-state index is 0.0260. The van der Waals surface area contributed by atoms with E-state index in [0.29, 0.717) is 0 Å². The summed E-state index contributed by atoms with van der Waals surface area (Å²) in [4.78, 5) is 0. The largest absolute Gasteiger partial charge is 0.497 e. The quantitative estimate of drug-likeness (QED) is 0.213. The highest BCUT2D eigenvalue weighted by atomic mass is 32.2. The van der Waals surface area contributed by atoms with E-state index in [1.807, 2.05) is 23.5 Å². The van der Waals surface area contributed by atoms with Crippen molar-refractivity contribution >= 4 is 47.0 Å². The first-order chi connectivity index (χ1) is 20.0. The Morgan fingerprint density at radius 3 is 1.05 bits per heavy atom. The predicted octanol–water partition coefficient (Wildman–Crippen LogP) is 9.76. The summed E-state index contributed by atoms with van der Waals surface area (Å²) >= 11 is 8.19. The lowest BCUT2D eigenvalue weighted by Gasteiger charge is -2.37. The molecule has 0 radical (unpaired) electrons. The highest BCUT2D eigenvalue weighted by Gasteiger charge is 2.39. The topological polar surface area (TPSA) is 18.5 Å². The number of benzene rings is 4. The molecule has 0 saturated carbocycles. The van der Waals surface area contributed by atoms with Gasteiger partial charge in [0, 0.05) is 11.5 Å². The first-order valence-corrected chi connectivity index (χ1v) is 17.9. The second kappa shape index (κ2) is 13.9. The Hall–Kier alpha value is -2.12. The number of rotatable bonds is 6. The molecule has 0 spiro atoms. The van der Waals surface area contributed by atoms with Gasteiger partial charge in [-0.1, -0.05) is 83.9 Å². The highest BCUT2D eigenvalue weighted by molar-refractivity contribution is 8.21. The second-order valence-corrected chi connectivity index (χ2v) is 15.9. The minimum Gasteiger partial charge on any atom is -0.497 e. The van der Waals surface area contributed by atoms with Crippen molar-refractivity contribution < 1.29 is 9.47 Å². The maximum absolute atomic E-state index is 5.30. The van der Waals surface area contributed by atoms with Gasteiger partial charge in [-0.25, -0.2) is 0 Å². The Morgan fingerprint density at radius 2 is 0.732 bits per heavy atom. The Kier molecular flexibility index (Phi) is 10.3. The number of hydrogen-bond donors (Lipinski definition) is 0. The van der Waals surface area contributed by atoms with Crippen molar-refractivity contribution in [3.8, 4) is 11.5 Å². The molecule has 2 aliphatic rings. The van der Waals surface area contributed by atoms with E-state index < -0.39 is 0 Å². The van der Waals surface area contributed by atoms with Gasteiger partial charge in [0.2, 0.25) is 0 Å². The first-order valence-electron chi connectivity index (χ1n) is 14.0. The monoisotopic (exact) mass is 618 g/mol. The molecule has 0 atom stereocenters. The molecule has 2 heterocycles. The van der Waals surface area contributed by atoms with E-state index in [4.69, 9.17) is 9.47 Å². The fourth-order valence-electron chi connectivity index (χ4n) is 5.11. The standard InChI is InChI=1S/C18H20OS2.C17H18OS2/c1-14-4-6-15(7-5-14)18(20-12-3-13-21-18)16-8-10-17(19-2)11-9-16;1-13-3-5-14(6-4-13)17(19-11-12-20-17)15-7-9-16(18-2)10-8-15/h4-11H,3,12-13H2,1-2H3;3-10H,11-12H2,1-2H3. The van der Waals surface area contributed by atoms with E-state index in [1.54, 1.807) is 14.2 Å². The van der Waals surface area contributed by atoms with Crippen molar-refractivity contribution in [2.24, 2.45) is 0 Å². The minimum atomic E-state index is 0.0260. The van der Waals surface area contributed by atoms with Crippen LogP contribution in [-0.4, -0.2) is 37.2 Å². The fourth-order valence-corrected chi connectivity index (χ4v) is 11.8. The number of hydrogen-bond acceptors (Lipinski definition) is 6. The lowest BCUT2D eigenvalue weighted by atomic mass is 10.0. The van der Waals surface area contributed by atoms with Gasteiger partial charge in [0.1, 0.15) is 19.7 Å². The molecular weight excluding hydrogens is 581 g/mol. The van der Waals surface area contributed by atoms with Gasteiger partial charge in [-0.15, -0.1) is 47.0 Å². The lowest BCUT2D eigenvalue weighted by molar-refractivity contribution is 0.414. The van der Waals surface area contributed by atoms with Gasteiger partial charge >= 0.3 is 0 Å². The van der Waals surface area contributed by atoms with Crippen molar-refractivity contribution in [3.05, 3.63) is 130 Å². The van der Waals surface area contributed by atoms with Crippen LogP contribution < -0.4 is 9.47 Å². The molecule has 2 nitrogen and oxygen atoms in total. The zero-order chi connectivity index (χ0) is 28.7. The van der Waals surface area contributed by atoms with E-state index in [-0.39, 0.29) is 8.16 Å². The Labute approximate surface area is 262 Å². The van der Waals surface area contributed by atoms with E-state index >= 15 is 0 Å². The average molecular weight is 619 g/mol. The smallest absolute Gasteiger partial charge is 0.118 e. The third kappa shape index (κ3) is 6.77. The Bertz CT molecular complexity index is 1370. The predicted molar refractivity (Wildman–Crippen MR) is 184 cm³/mol. The average Bonchev–Trinajstić information content (AvgIpc) is 3.54. The molecule has 214 valence electrons. The van der Waals surface area contributed by atoms with Gasteiger partial charge < -0.3 is 9.47 Å². The summed E-state index contributed by atoms with van der Waals surface area (Å²) in [5.74, 6) is 6.67. The Morgan fingerprint density at radius 1 is 0.439 bits per heavy atom. The molecule has 0 bridgehead atoms. The molecule has 41 heavy (non-hydrogen) atoms. The van der Waals surface area contributed by atoms with Crippen molar-refractivity contribution in [2.45, 2.75) is 28.4 Å². The lowest BCUT2D eigenvalue weighted by Crippen LogP contribution is -2.24. The second-order valence-electron chi connectivity index (χ2n) is 10.2. The summed E-state index contributed by atoms with van der Waals surface area (Å²) in [6.07, 6.45) is 1.29. The SMILES string of the molecule is COc1ccc(C2(c3ccc(C)cc3)SCCCS2)cc1.COc1ccc(C2(c3ccc(C)cc3)SCCS2)cc1. The molecule has 6 heteroatoms. The van der Waals surface area contributed by atoms with Gasteiger partial charge in [0.05, 0.1) is 14.2 Å². The van der Waals surface area contributed by atoms with E-state index in [9.17, 15) is 0 Å². The molecule has 0 N–H and O–H groups in total. The van der Waals surface area contributed by atoms with Gasteiger partial charge in [0.25, 0.3) is 0 Å². The van der Waals surface area contributed by atoms with Crippen molar-refractivity contribution in [1.29, 1.82) is 0 Å². The molecule has 4 aromatic rings. The third-order valence-corrected chi connectivity index (χ3v) is 14.4. The van der Waals surface area contributed by atoms with Crippen LogP contribution in [-0.2, 0) is 8.16 Å². The van der Waals surface area contributed by atoms with Gasteiger partial charge in [-0.3, -0.25) is 0 Å². The zero-order valence-electron chi connectivity index (χ0n) is 24.2. The van der Waals surface area contributed by atoms with Crippen LogP contribution in [0.4, 0.5) is 0 Å². The molecule has 4 aromatic carbocycles. The molecule has 0 unspecified atom stereocenters. The van der Waals surface area contributed by atoms with Gasteiger partial charge in [-0.05, 0) is 78.3 Å². The van der Waals surface area contributed by atoms with Gasteiger partial charge in [-0.2, -0.15) is 0 Å². The van der Waals surface area contributed by atoms with Crippen molar-refractivity contribution in [3.63, 3.8) is 0 Å². The number of aryl methyl sites for hydroxylation is 2. The number of methoxy groups -OCH3 is 2. The van der Waals surface area contributed by atoms with Crippen molar-refractivity contribution in [2.75, 3.05) is 37.2 Å². The van der Waals surface area contributed by atoms with Crippen molar-refractivity contribution in [1.82, 2.24) is 0 Å². The molecule has 0 aliphatic carbocycles. The van der Waals surface area contributed by atoms with Crippen LogP contribution in [0.3, 0.4) is 0 Å². The van der Waals surface area contributed by atoms with E-state index in [1.165, 1.54) is 62.8 Å². The molecule has 6 rings (SSSR count). The molecule has 0 amide bonds. The summed E-state index contributed by atoms with van der Waals surface area (Å²) in [6.45, 7) is 4.28. The van der Waals surface area contributed by atoms with Crippen LogP contribution in [0.15, 0.2) is 97.1 Å². The van der Waals surface area contributed by atoms with Crippen LogP contribution in [0.1, 0.15) is 39.8 Å². The summed E-state index contributed by atoms with van der Waals surface area (Å²) in [5, 5.41) is 0. The number of ether oxygens (including phenoxy) is 2. The number of thioether (sulfide) groups is 4. The van der Waals surface area contributed by atoms with Crippen LogP contribution in [0, 0.1) is 13.8 Å². The van der Waals surface area contributed by atoms with Crippen LogP contribution in [0.2, 0.25) is 0 Å². The summed E-state index contributed by atoms with van der Waals surface area (Å²) < 4.78 is 10.6. The van der Waals surface area contributed by atoms with Crippen LogP contribution >= 0.6 is 47.0 Å². The third-order valence-electron chi connectivity index (χ3n) is 7.40.